The van der Waals surface area contributed by atoms with Crippen LogP contribution in [0.4, 0.5) is 11.4 Å². The van der Waals surface area contributed by atoms with Gasteiger partial charge in [-0.05, 0) is 25.0 Å². The highest BCUT2D eigenvalue weighted by Crippen LogP contribution is 2.31. The van der Waals surface area contributed by atoms with E-state index in [1.165, 1.54) is 10.6 Å². The first-order valence-electron chi connectivity index (χ1n) is 9.25. The van der Waals surface area contributed by atoms with E-state index in [2.05, 4.69) is 10.2 Å². The van der Waals surface area contributed by atoms with Gasteiger partial charge in [-0.1, -0.05) is 12.1 Å². The lowest BCUT2D eigenvalue weighted by atomic mass is 10.2. The zero-order valence-corrected chi connectivity index (χ0v) is 16.4. The predicted molar refractivity (Wildman–Crippen MR) is 104 cm³/mol. The lowest BCUT2D eigenvalue weighted by Crippen LogP contribution is -2.42. The minimum absolute atomic E-state index is 0.165. The van der Waals surface area contributed by atoms with Crippen LogP contribution in [-0.2, 0) is 24.3 Å². The number of carbonyl (C=O) groups excluding carboxylic acids is 1. The van der Waals surface area contributed by atoms with Gasteiger partial charge in [0.1, 0.15) is 6.10 Å². The number of morpholine rings is 1. The molecular formula is C18H27N3O5S. The van der Waals surface area contributed by atoms with Crippen LogP contribution in [0.25, 0.3) is 0 Å². The molecule has 3 rings (SSSR count). The Morgan fingerprint density at radius 1 is 1.26 bits per heavy atom. The van der Waals surface area contributed by atoms with E-state index >= 15 is 0 Å². The molecule has 2 aliphatic heterocycles. The third kappa shape index (κ3) is 5.12. The second kappa shape index (κ2) is 8.90. The number of nitrogens with one attached hydrogen (secondary N) is 1. The van der Waals surface area contributed by atoms with Gasteiger partial charge in [0, 0.05) is 26.2 Å². The Hall–Kier alpha value is -1.84. The maximum Gasteiger partial charge on any atom is 0.249 e. The molecule has 8 nitrogen and oxygen atoms in total. The number of sulfonamides is 1. The molecule has 1 atom stereocenters. The topological polar surface area (TPSA) is 88.2 Å². The van der Waals surface area contributed by atoms with Gasteiger partial charge in [0.2, 0.25) is 15.9 Å². The zero-order chi connectivity index (χ0) is 19.3. The van der Waals surface area contributed by atoms with Crippen LogP contribution in [-0.4, -0.2) is 72.7 Å². The van der Waals surface area contributed by atoms with Crippen molar-refractivity contribution in [1.82, 2.24) is 5.32 Å². The summed E-state index contributed by atoms with van der Waals surface area (Å²) in [5.41, 5.74) is 1.48. The number of hydrogen-bond donors (Lipinski definition) is 1. The van der Waals surface area contributed by atoms with Crippen molar-refractivity contribution in [1.29, 1.82) is 0 Å². The van der Waals surface area contributed by atoms with Crippen molar-refractivity contribution in [2.45, 2.75) is 18.9 Å². The highest BCUT2D eigenvalue weighted by molar-refractivity contribution is 7.92. The maximum atomic E-state index is 12.4. The summed E-state index contributed by atoms with van der Waals surface area (Å²) < 4.78 is 37.0. The first-order chi connectivity index (χ1) is 13.0. The van der Waals surface area contributed by atoms with Crippen LogP contribution in [0.2, 0.25) is 0 Å². The van der Waals surface area contributed by atoms with Crippen LogP contribution < -0.4 is 14.5 Å². The fourth-order valence-corrected chi connectivity index (χ4v) is 4.33. The number of hydrogen-bond acceptors (Lipinski definition) is 6. The van der Waals surface area contributed by atoms with Gasteiger partial charge in [0.15, 0.2) is 0 Å². The van der Waals surface area contributed by atoms with E-state index in [4.69, 9.17) is 9.47 Å². The highest BCUT2D eigenvalue weighted by Gasteiger charge is 2.26. The van der Waals surface area contributed by atoms with E-state index in [-0.39, 0.29) is 19.0 Å². The largest absolute Gasteiger partial charge is 0.378 e. The van der Waals surface area contributed by atoms with Crippen molar-refractivity contribution in [3.8, 4) is 0 Å². The minimum atomic E-state index is -3.50. The summed E-state index contributed by atoms with van der Waals surface area (Å²) in [4.78, 5) is 14.2. The normalized spacial score (nSPS) is 20.5. The van der Waals surface area contributed by atoms with E-state index in [0.717, 1.165) is 12.1 Å². The number of carbonyl (C=O) groups is 1. The van der Waals surface area contributed by atoms with E-state index in [9.17, 15) is 13.2 Å². The number of anilines is 2. The number of benzene rings is 1. The molecule has 150 valence electrons. The standard InChI is InChI=1S/C18H27N3O5S/c1-27(23,24)21(9-8-19-18(22)17-7-4-12-26-17)16-6-3-2-5-15(16)20-10-13-25-14-11-20/h2-3,5-6,17H,4,7-14H2,1H3,(H,19,22). The molecule has 0 aliphatic carbocycles. The lowest BCUT2D eigenvalue weighted by molar-refractivity contribution is -0.129. The molecule has 1 unspecified atom stereocenters. The molecule has 9 heteroatoms. The molecule has 2 saturated heterocycles. The molecule has 0 bridgehead atoms. The summed E-state index contributed by atoms with van der Waals surface area (Å²) in [6.45, 7) is 3.65. The van der Waals surface area contributed by atoms with Gasteiger partial charge in [-0.3, -0.25) is 9.10 Å². The van der Waals surface area contributed by atoms with Crippen molar-refractivity contribution in [2.24, 2.45) is 0 Å². The van der Waals surface area contributed by atoms with Gasteiger partial charge in [0.05, 0.1) is 37.4 Å². The molecule has 2 aliphatic rings. The average Bonchev–Trinajstić information content (AvgIpc) is 3.20. The summed E-state index contributed by atoms with van der Waals surface area (Å²) in [6, 6.07) is 7.44. The molecule has 0 radical (unpaired) electrons. The zero-order valence-electron chi connectivity index (χ0n) is 15.6. The summed E-state index contributed by atoms with van der Waals surface area (Å²) in [7, 11) is -3.50. The van der Waals surface area contributed by atoms with Crippen LogP contribution in [0, 0.1) is 0 Å². The van der Waals surface area contributed by atoms with Crippen LogP contribution in [0.5, 0.6) is 0 Å². The minimum Gasteiger partial charge on any atom is -0.378 e. The summed E-state index contributed by atoms with van der Waals surface area (Å²) >= 11 is 0. The summed E-state index contributed by atoms with van der Waals surface area (Å²) in [5, 5.41) is 2.79. The van der Waals surface area contributed by atoms with Crippen molar-refractivity contribution in [2.75, 3.05) is 61.5 Å². The molecule has 1 aromatic rings. The molecule has 1 N–H and O–H groups in total. The van der Waals surface area contributed by atoms with Crippen molar-refractivity contribution < 1.29 is 22.7 Å². The Morgan fingerprint density at radius 3 is 2.67 bits per heavy atom. The quantitative estimate of drug-likeness (QED) is 0.724. The second-order valence-electron chi connectivity index (χ2n) is 6.72. The van der Waals surface area contributed by atoms with Crippen LogP contribution in [0.1, 0.15) is 12.8 Å². The van der Waals surface area contributed by atoms with Gasteiger partial charge in [-0.15, -0.1) is 0 Å². The average molecular weight is 397 g/mol. The molecule has 0 aromatic heterocycles. The number of nitrogens with zero attached hydrogens (tertiary/aromatic N) is 2. The number of ether oxygens (including phenoxy) is 2. The van der Waals surface area contributed by atoms with Crippen molar-refractivity contribution >= 4 is 27.3 Å². The van der Waals surface area contributed by atoms with Crippen LogP contribution in [0.15, 0.2) is 24.3 Å². The Labute approximate surface area is 160 Å². The third-order valence-electron chi connectivity index (χ3n) is 4.74. The van der Waals surface area contributed by atoms with E-state index in [0.29, 0.717) is 45.0 Å². The molecule has 0 spiro atoms. The first-order valence-corrected chi connectivity index (χ1v) is 11.1. The molecule has 27 heavy (non-hydrogen) atoms. The summed E-state index contributed by atoms with van der Waals surface area (Å²) in [6.07, 6.45) is 2.35. The molecular weight excluding hydrogens is 370 g/mol. The Bertz CT molecular complexity index is 743. The molecule has 0 saturated carbocycles. The fraction of sp³-hybridized carbons (Fsp3) is 0.611. The van der Waals surface area contributed by atoms with Crippen molar-refractivity contribution in [3.05, 3.63) is 24.3 Å². The van der Waals surface area contributed by atoms with Crippen LogP contribution >= 0.6 is 0 Å². The lowest BCUT2D eigenvalue weighted by Gasteiger charge is -2.33. The van der Waals surface area contributed by atoms with Crippen molar-refractivity contribution in [3.63, 3.8) is 0 Å². The van der Waals surface area contributed by atoms with Crippen LogP contribution in [0.3, 0.4) is 0 Å². The SMILES string of the molecule is CS(=O)(=O)N(CCNC(=O)C1CCCO1)c1ccccc1N1CCOCC1. The van der Waals surface area contributed by atoms with E-state index in [1.807, 2.05) is 18.2 Å². The Balaban J connectivity index is 1.72. The Kier molecular flexibility index (Phi) is 6.56. The third-order valence-corrected chi connectivity index (χ3v) is 5.92. The van der Waals surface area contributed by atoms with Gasteiger partial charge in [0.25, 0.3) is 0 Å². The number of rotatable bonds is 7. The van der Waals surface area contributed by atoms with E-state index in [1.54, 1.807) is 6.07 Å². The van der Waals surface area contributed by atoms with Gasteiger partial charge >= 0.3 is 0 Å². The molecule has 1 aromatic carbocycles. The van der Waals surface area contributed by atoms with Gasteiger partial charge in [-0.2, -0.15) is 0 Å². The summed E-state index contributed by atoms with van der Waals surface area (Å²) in [5.74, 6) is -0.178. The molecule has 2 fully saturated rings. The monoisotopic (exact) mass is 397 g/mol. The number of para-hydroxylation sites is 2. The first kappa shape index (κ1) is 19.9. The Morgan fingerprint density at radius 2 is 2.00 bits per heavy atom. The second-order valence-corrected chi connectivity index (χ2v) is 8.62. The fourth-order valence-electron chi connectivity index (χ4n) is 3.39. The predicted octanol–water partition coefficient (Wildman–Crippen LogP) is 0.584. The maximum absolute atomic E-state index is 12.4. The molecule has 1 amide bonds. The highest BCUT2D eigenvalue weighted by atomic mass is 32.2. The van der Waals surface area contributed by atoms with E-state index < -0.39 is 16.1 Å². The molecule has 2 heterocycles. The smallest absolute Gasteiger partial charge is 0.249 e. The van der Waals surface area contributed by atoms with Gasteiger partial charge in [-0.25, -0.2) is 8.42 Å². The van der Waals surface area contributed by atoms with Gasteiger partial charge < -0.3 is 19.7 Å². The number of amides is 1.